The number of hydrogen-bond donors (Lipinski definition) is 0. The molecule has 0 bridgehead atoms. The summed E-state index contributed by atoms with van der Waals surface area (Å²) in [5, 5.41) is 0. The van der Waals surface area contributed by atoms with Crippen molar-refractivity contribution in [3.05, 3.63) is 35.9 Å². The maximum atomic E-state index is 2.93. The van der Waals surface area contributed by atoms with E-state index in [0.717, 1.165) is 0 Å². The summed E-state index contributed by atoms with van der Waals surface area (Å²) in [6.07, 6.45) is 0. The molecule has 1 aromatic rings. The van der Waals surface area contributed by atoms with Crippen LogP contribution in [-0.2, 0) is 0 Å². The highest BCUT2D eigenvalue weighted by Gasteiger charge is 1.61. The molecule has 0 aromatic heterocycles. The van der Waals surface area contributed by atoms with Crippen LogP contribution in [0.1, 0.15) is 5.56 Å². The quantitative estimate of drug-likeness (QED) is 0.427. The molecule has 0 saturated heterocycles. The van der Waals surface area contributed by atoms with Crippen molar-refractivity contribution in [2.45, 2.75) is 6.92 Å². The summed E-state index contributed by atoms with van der Waals surface area (Å²) in [6, 6.07) is 10.8. The first-order valence-corrected chi connectivity index (χ1v) is 2.32. The fraction of sp³-hybridized carbons (Fsp3) is 0.143. The molecule has 0 nitrogen and oxygen atoms in total. The standard InChI is InChI=1S/C7H7/c1-7-5-3-2-4-6-7/h3-6H,1H3/q-1. The van der Waals surface area contributed by atoms with E-state index in [1.807, 2.05) is 24.3 Å². The lowest BCUT2D eigenvalue weighted by atomic mass is 10.2. The molecule has 7 heavy (non-hydrogen) atoms. The molecule has 0 N–H and O–H groups in total. The van der Waals surface area contributed by atoms with Crippen molar-refractivity contribution in [2.24, 2.45) is 0 Å². The second-order valence-corrected chi connectivity index (χ2v) is 1.58. The zero-order valence-electron chi connectivity index (χ0n) is 4.31. The molecular formula is C7H7-. The second-order valence-electron chi connectivity index (χ2n) is 1.58. The van der Waals surface area contributed by atoms with Gasteiger partial charge < -0.3 is 0 Å². The van der Waals surface area contributed by atoms with Crippen molar-refractivity contribution < 1.29 is 0 Å². The van der Waals surface area contributed by atoms with Crippen LogP contribution in [0.25, 0.3) is 0 Å². The van der Waals surface area contributed by atoms with E-state index in [9.17, 15) is 0 Å². The van der Waals surface area contributed by atoms with Crippen LogP contribution in [0, 0.1) is 13.0 Å². The minimum atomic E-state index is 1.29. The van der Waals surface area contributed by atoms with Gasteiger partial charge in [-0.1, -0.05) is 6.92 Å². The lowest BCUT2D eigenvalue weighted by Gasteiger charge is -1.93. The van der Waals surface area contributed by atoms with Crippen LogP contribution in [0.15, 0.2) is 24.3 Å². The Kier molecular flexibility index (Phi) is 1.12. The smallest absolute Gasteiger partial charge is 0.0626 e. The van der Waals surface area contributed by atoms with Crippen molar-refractivity contribution in [3.8, 4) is 0 Å². The molecule has 36 valence electrons. The first kappa shape index (κ1) is 4.38. The summed E-state index contributed by atoms with van der Waals surface area (Å²) in [5.41, 5.74) is 1.29. The number of benzene rings is 1. The van der Waals surface area contributed by atoms with E-state index in [0.29, 0.717) is 0 Å². The molecule has 1 rings (SSSR count). The molecule has 0 saturated carbocycles. The molecule has 0 fully saturated rings. The Morgan fingerprint density at radius 2 is 1.86 bits per heavy atom. The first-order chi connectivity index (χ1) is 3.39. The zero-order chi connectivity index (χ0) is 5.11. The van der Waals surface area contributed by atoms with E-state index in [1.54, 1.807) is 0 Å². The van der Waals surface area contributed by atoms with Gasteiger partial charge >= 0.3 is 0 Å². The second kappa shape index (κ2) is 1.78. The summed E-state index contributed by atoms with van der Waals surface area (Å²) in [7, 11) is 0. The van der Waals surface area contributed by atoms with Gasteiger partial charge in [0.15, 0.2) is 0 Å². The van der Waals surface area contributed by atoms with Gasteiger partial charge in [0.1, 0.15) is 0 Å². The van der Waals surface area contributed by atoms with Crippen LogP contribution in [0.2, 0.25) is 0 Å². The SMILES string of the molecule is Cc1cc[c-]cc1. The van der Waals surface area contributed by atoms with Crippen molar-refractivity contribution in [1.29, 1.82) is 0 Å². The molecule has 0 heterocycles. The van der Waals surface area contributed by atoms with Crippen molar-refractivity contribution in [3.63, 3.8) is 0 Å². The molecule has 0 aliphatic carbocycles. The summed E-state index contributed by atoms with van der Waals surface area (Å²) in [4.78, 5) is 0. The van der Waals surface area contributed by atoms with E-state index >= 15 is 0 Å². The van der Waals surface area contributed by atoms with Crippen LogP contribution >= 0.6 is 0 Å². The number of hydrogen-bond acceptors (Lipinski definition) is 0. The molecule has 0 atom stereocenters. The summed E-state index contributed by atoms with van der Waals surface area (Å²) in [5.74, 6) is 0. The Balaban J connectivity index is 3.02. The number of aryl methyl sites for hydroxylation is 1. The first-order valence-electron chi connectivity index (χ1n) is 2.32. The predicted octanol–water partition coefficient (Wildman–Crippen LogP) is 1.80. The van der Waals surface area contributed by atoms with Gasteiger partial charge in [0.2, 0.25) is 0 Å². The Morgan fingerprint density at radius 3 is 2.14 bits per heavy atom. The van der Waals surface area contributed by atoms with Crippen molar-refractivity contribution >= 4 is 0 Å². The van der Waals surface area contributed by atoms with Gasteiger partial charge in [-0.3, -0.25) is 0 Å². The highest BCUT2D eigenvalue weighted by Crippen LogP contribution is 1.91. The van der Waals surface area contributed by atoms with E-state index in [2.05, 4.69) is 13.0 Å². The average molecular weight is 91.1 g/mol. The van der Waals surface area contributed by atoms with E-state index < -0.39 is 0 Å². The van der Waals surface area contributed by atoms with Crippen molar-refractivity contribution in [1.82, 2.24) is 0 Å². The summed E-state index contributed by atoms with van der Waals surface area (Å²) < 4.78 is 0. The molecule has 0 aliphatic heterocycles. The Hall–Kier alpha value is -0.780. The highest BCUT2D eigenvalue weighted by molar-refractivity contribution is 5.10. The van der Waals surface area contributed by atoms with Crippen LogP contribution in [0.4, 0.5) is 0 Å². The van der Waals surface area contributed by atoms with Crippen LogP contribution in [0.5, 0.6) is 0 Å². The summed E-state index contributed by atoms with van der Waals surface area (Å²) >= 11 is 0. The third-order valence-electron chi connectivity index (χ3n) is 0.885. The van der Waals surface area contributed by atoms with Gasteiger partial charge in [0.25, 0.3) is 0 Å². The van der Waals surface area contributed by atoms with E-state index in [-0.39, 0.29) is 0 Å². The fourth-order valence-electron chi connectivity index (χ4n) is 0.470. The van der Waals surface area contributed by atoms with Crippen LogP contribution in [-0.4, -0.2) is 0 Å². The minimum absolute atomic E-state index is 1.29. The number of rotatable bonds is 0. The molecule has 0 heteroatoms. The third-order valence-corrected chi connectivity index (χ3v) is 0.885. The molecule has 0 radical (unpaired) electrons. The van der Waals surface area contributed by atoms with Gasteiger partial charge in [0.05, 0.1) is 0 Å². The van der Waals surface area contributed by atoms with Gasteiger partial charge in [-0.15, -0.1) is 0 Å². The molecule has 1 aromatic carbocycles. The van der Waals surface area contributed by atoms with Gasteiger partial charge in [-0.2, -0.15) is 35.9 Å². The Bertz CT molecular complexity index is 130. The molecular weight excluding hydrogens is 84.1 g/mol. The maximum Gasteiger partial charge on any atom is -0.0626 e. The monoisotopic (exact) mass is 91.1 g/mol. The minimum Gasteiger partial charge on any atom is -0.184 e. The van der Waals surface area contributed by atoms with Gasteiger partial charge in [-0.05, 0) is 0 Å². The lowest BCUT2D eigenvalue weighted by molar-refractivity contribution is 1.47. The Labute approximate surface area is 43.8 Å². The molecule has 0 aliphatic rings. The molecule has 0 unspecified atom stereocenters. The van der Waals surface area contributed by atoms with E-state index in [4.69, 9.17) is 0 Å². The average Bonchev–Trinajstić information content (AvgIpc) is 1.69. The topological polar surface area (TPSA) is 0 Å². The van der Waals surface area contributed by atoms with Crippen LogP contribution < -0.4 is 0 Å². The van der Waals surface area contributed by atoms with E-state index in [1.165, 1.54) is 5.56 Å². The predicted molar refractivity (Wildman–Crippen MR) is 30.0 cm³/mol. The molecule has 0 amide bonds. The zero-order valence-corrected chi connectivity index (χ0v) is 4.31. The lowest BCUT2D eigenvalue weighted by Crippen LogP contribution is -1.63. The Morgan fingerprint density at radius 1 is 1.29 bits per heavy atom. The highest BCUT2D eigenvalue weighted by atomic mass is 13.8. The largest absolute Gasteiger partial charge is 0.184 e. The van der Waals surface area contributed by atoms with Crippen molar-refractivity contribution in [2.75, 3.05) is 0 Å². The fourth-order valence-corrected chi connectivity index (χ4v) is 0.470. The molecule has 0 spiro atoms. The van der Waals surface area contributed by atoms with Gasteiger partial charge in [-0.25, -0.2) is 0 Å². The maximum absolute atomic E-state index is 2.93. The third kappa shape index (κ3) is 1.04. The summed E-state index contributed by atoms with van der Waals surface area (Å²) in [6.45, 7) is 2.06. The normalized spacial score (nSPS) is 8.71. The van der Waals surface area contributed by atoms with Crippen LogP contribution in [0.3, 0.4) is 0 Å². The van der Waals surface area contributed by atoms with Gasteiger partial charge in [0, 0.05) is 0 Å².